The van der Waals surface area contributed by atoms with Crippen LogP contribution in [0.2, 0.25) is 0 Å². The van der Waals surface area contributed by atoms with Gasteiger partial charge in [-0.2, -0.15) is 0 Å². The number of hydrogen-bond acceptors (Lipinski definition) is 2. The van der Waals surface area contributed by atoms with Crippen LogP contribution in [0.15, 0.2) is 41.4 Å². The van der Waals surface area contributed by atoms with Crippen molar-refractivity contribution < 1.29 is 0 Å². The maximum atomic E-state index is 3.75. The second-order valence-corrected chi connectivity index (χ2v) is 9.78. The van der Waals surface area contributed by atoms with Crippen molar-refractivity contribution in [3.05, 3.63) is 47.1 Å². The van der Waals surface area contributed by atoms with Gasteiger partial charge >= 0.3 is 0 Å². The molecule has 0 radical (unpaired) electrons. The van der Waals surface area contributed by atoms with Gasteiger partial charge in [0, 0.05) is 22.3 Å². The maximum absolute atomic E-state index is 3.75. The summed E-state index contributed by atoms with van der Waals surface area (Å²) in [6, 6.07) is 11.0. The summed E-state index contributed by atoms with van der Waals surface area (Å²) in [6.45, 7) is 4.71. The van der Waals surface area contributed by atoms with Crippen LogP contribution in [-0.2, 0) is 6.42 Å². The fourth-order valence-electron chi connectivity index (χ4n) is 4.66. The lowest BCUT2D eigenvalue weighted by molar-refractivity contribution is 0.380. The molecule has 1 saturated carbocycles. The standard InChI is InChI=1S/C23H32N2S/c1-16(2)12-19(14-20-13-18-10-6-7-11-21(18)25-20)23-24-15-22(26-23)17-8-4-3-5-9-17/h6-7,10-11,13,15-17,19,23-25H,3-5,8-9,12,14H2,1-2H3. The highest BCUT2D eigenvalue weighted by Crippen LogP contribution is 2.42. The molecule has 1 aliphatic heterocycles. The Morgan fingerprint density at radius 2 is 1.92 bits per heavy atom. The van der Waals surface area contributed by atoms with E-state index in [1.54, 1.807) is 4.91 Å². The van der Waals surface area contributed by atoms with E-state index in [0.29, 0.717) is 11.3 Å². The van der Waals surface area contributed by atoms with Gasteiger partial charge in [0.15, 0.2) is 0 Å². The quantitative estimate of drug-likeness (QED) is 0.612. The molecule has 0 spiro atoms. The van der Waals surface area contributed by atoms with Gasteiger partial charge in [0.1, 0.15) is 0 Å². The summed E-state index contributed by atoms with van der Waals surface area (Å²) in [6.07, 6.45) is 11.8. The van der Waals surface area contributed by atoms with E-state index >= 15 is 0 Å². The molecule has 2 heterocycles. The highest BCUT2D eigenvalue weighted by molar-refractivity contribution is 8.03. The number of para-hydroxylation sites is 1. The molecule has 1 aliphatic carbocycles. The maximum Gasteiger partial charge on any atom is 0.0793 e. The molecule has 4 rings (SSSR count). The second kappa shape index (κ2) is 8.12. The van der Waals surface area contributed by atoms with Crippen LogP contribution >= 0.6 is 11.8 Å². The Hall–Kier alpha value is -1.35. The molecule has 0 bridgehead atoms. The third-order valence-electron chi connectivity index (χ3n) is 5.93. The van der Waals surface area contributed by atoms with Crippen molar-refractivity contribution in [3.8, 4) is 0 Å². The number of fused-ring (bicyclic) bond motifs is 1. The Morgan fingerprint density at radius 3 is 2.69 bits per heavy atom. The molecular formula is C23H32N2S. The summed E-state index contributed by atoms with van der Waals surface area (Å²) in [7, 11) is 0. The zero-order valence-electron chi connectivity index (χ0n) is 16.1. The van der Waals surface area contributed by atoms with Crippen LogP contribution in [0.25, 0.3) is 10.9 Å². The SMILES string of the molecule is CC(C)CC(Cc1cc2ccccc2[nH]1)C1NC=C(C2CCCCC2)S1. The summed E-state index contributed by atoms with van der Waals surface area (Å²) < 4.78 is 0. The molecule has 2 unspecified atom stereocenters. The number of benzene rings is 1. The van der Waals surface area contributed by atoms with Gasteiger partial charge in [0.25, 0.3) is 0 Å². The highest BCUT2D eigenvalue weighted by atomic mass is 32.2. The average molecular weight is 369 g/mol. The van der Waals surface area contributed by atoms with Gasteiger partial charge in [0.05, 0.1) is 5.37 Å². The Bertz CT molecular complexity index is 721. The molecule has 2 nitrogen and oxygen atoms in total. The third-order valence-corrected chi connectivity index (χ3v) is 7.43. The van der Waals surface area contributed by atoms with Crippen LogP contribution in [0.5, 0.6) is 0 Å². The summed E-state index contributed by atoms with van der Waals surface area (Å²) in [5.74, 6) is 2.20. The number of aromatic nitrogens is 1. The molecular weight excluding hydrogens is 336 g/mol. The number of rotatable bonds is 6. The fraction of sp³-hybridized carbons (Fsp3) is 0.565. The molecule has 1 aromatic carbocycles. The fourth-order valence-corrected chi connectivity index (χ4v) is 6.05. The third kappa shape index (κ3) is 4.14. The number of aromatic amines is 1. The van der Waals surface area contributed by atoms with Gasteiger partial charge in [-0.3, -0.25) is 0 Å². The summed E-state index contributed by atoms with van der Waals surface area (Å²) in [4.78, 5) is 5.27. The largest absolute Gasteiger partial charge is 0.378 e. The lowest BCUT2D eigenvalue weighted by atomic mass is 9.89. The Morgan fingerprint density at radius 1 is 1.12 bits per heavy atom. The molecule has 1 aromatic heterocycles. The molecule has 140 valence electrons. The smallest absolute Gasteiger partial charge is 0.0793 e. The van der Waals surface area contributed by atoms with E-state index in [1.807, 2.05) is 0 Å². The first-order chi connectivity index (χ1) is 12.7. The van der Waals surface area contributed by atoms with E-state index in [9.17, 15) is 0 Å². The minimum atomic E-state index is 0.528. The van der Waals surface area contributed by atoms with Crippen molar-refractivity contribution in [1.29, 1.82) is 0 Å². The monoisotopic (exact) mass is 368 g/mol. The van der Waals surface area contributed by atoms with Gasteiger partial charge in [-0.1, -0.05) is 51.3 Å². The van der Waals surface area contributed by atoms with Crippen LogP contribution in [0.4, 0.5) is 0 Å². The van der Waals surface area contributed by atoms with Crippen LogP contribution in [0.1, 0.15) is 58.1 Å². The molecule has 2 aromatic rings. The van der Waals surface area contributed by atoms with Crippen LogP contribution < -0.4 is 5.32 Å². The molecule has 3 heteroatoms. The predicted molar refractivity (Wildman–Crippen MR) is 114 cm³/mol. The van der Waals surface area contributed by atoms with E-state index < -0.39 is 0 Å². The Labute approximate surface area is 162 Å². The van der Waals surface area contributed by atoms with Crippen LogP contribution in [-0.4, -0.2) is 10.4 Å². The van der Waals surface area contributed by atoms with E-state index in [2.05, 4.69) is 72.4 Å². The number of hydrogen-bond donors (Lipinski definition) is 2. The number of H-pyrrole nitrogens is 1. The van der Waals surface area contributed by atoms with Gasteiger partial charge in [-0.15, -0.1) is 11.8 Å². The van der Waals surface area contributed by atoms with Gasteiger partial charge in [-0.25, -0.2) is 0 Å². The van der Waals surface area contributed by atoms with E-state index in [4.69, 9.17) is 0 Å². The summed E-state index contributed by atoms with van der Waals surface area (Å²) >= 11 is 2.13. The Balaban J connectivity index is 1.45. The summed E-state index contributed by atoms with van der Waals surface area (Å²) in [5.41, 5.74) is 2.64. The molecule has 0 saturated heterocycles. The van der Waals surface area contributed by atoms with Crippen molar-refractivity contribution in [3.63, 3.8) is 0 Å². The van der Waals surface area contributed by atoms with Crippen molar-refractivity contribution in [2.75, 3.05) is 0 Å². The van der Waals surface area contributed by atoms with E-state index in [-0.39, 0.29) is 0 Å². The van der Waals surface area contributed by atoms with Crippen LogP contribution in [0, 0.1) is 17.8 Å². The van der Waals surface area contributed by atoms with Crippen molar-refractivity contribution >= 4 is 22.7 Å². The number of allylic oxidation sites excluding steroid dienone is 1. The number of nitrogens with one attached hydrogen (secondary N) is 2. The highest BCUT2D eigenvalue weighted by Gasteiger charge is 2.31. The predicted octanol–water partition coefficient (Wildman–Crippen LogP) is 6.46. The first kappa shape index (κ1) is 18.0. The summed E-state index contributed by atoms with van der Waals surface area (Å²) in [5, 5.41) is 5.61. The minimum Gasteiger partial charge on any atom is -0.378 e. The van der Waals surface area contributed by atoms with Crippen molar-refractivity contribution in [2.45, 2.75) is 64.2 Å². The molecule has 2 aliphatic rings. The average Bonchev–Trinajstić information content (AvgIpc) is 3.28. The first-order valence-corrected chi connectivity index (χ1v) is 11.3. The zero-order valence-corrected chi connectivity index (χ0v) is 16.9. The molecule has 0 amide bonds. The van der Waals surface area contributed by atoms with E-state index in [1.165, 1.54) is 55.1 Å². The molecule has 2 atom stereocenters. The van der Waals surface area contributed by atoms with Crippen molar-refractivity contribution in [2.24, 2.45) is 17.8 Å². The van der Waals surface area contributed by atoms with E-state index in [0.717, 1.165) is 18.3 Å². The van der Waals surface area contributed by atoms with Gasteiger partial charge in [-0.05, 0) is 61.0 Å². The van der Waals surface area contributed by atoms with Gasteiger partial charge in [0.2, 0.25) is 0 Å². The minimum absolute atomic E-state index is 0.528. The zero-order chi connectivity index (χ0) is 17.9. The van der Waals surface area contributed by atoms with Gasteiger partial charge < -0.3 is 10.3 Å². The second-order valence-electron chi connectivity index (χ2n) is 8.56. The topological polar surface area (TPSA) is 27.8 Å². The molecule has 26 heavy (non-hydrogen) atoms. The molecule has 1 fully saturated rings. The normalized spacial score (nSPS) is 22.6. The van der Waals surface area contributed by atoms with Crippen LogP contribution in [0.3, 0.4) is 0 Å². The lowest BCUT2D eigenvalue weighted by Crippen LogP contribution is -2.29. The number of thioether (sulfide) groups is 1. The lowest BCUT2D eigenvalue weighted by Gasteiger charge is -2.27. The van der Waals surface area contributed by atoms with Crippen molar-refractivity contribution in [1.82, 2.24) is 10.3 Å². The first-order valence-electron chi connectivity index (χ1n) is 10.4. The Kier molecular flexibility index (Phi) is 5.63. The molecule has 2 N–H and O–H groups in total.